The lowest BCUT2D eigenvalue weighted by atomic mass is 10.00. The fraction of sp³-hybridized carbons (Fsp3) is 0.389. The highest BCUT2D eigenvalue weighted by atomic mass is 32.1. The largest absolute Gasteiger partial charge is 0.398 e. The number of amides is 1. The zero-order valence-corrected chi connectivity index (χ0v) is 13.9. The van der Waals surface area contributed by atoms with Crippen LogP contribution in [-0.2, 0) is 24.2 Å². The number of carbonyl (C=O) groups excluding carboxylic acids is 1. The van der Waals surface area contributed by atoms with E-state index in [0.717, 1.165) is 50.3 Å². The number of fused-ring (bicyclic) bond motifs is 2. The SMILES string of the molecule is Nc1cccc2c1CCCN2CC(=O)N1CCc2sccc2C1. The van der Waals surface area contributed by atoms with Crippen molar-refractivity contribution in [1.82, 2.24) is 4.90 Å². The molecule has 120 valence electrons. The van der Waals surface area contributed by atoms with Crippen LogP contribution >= 0.6 is 11.3 Å². The van der Waals surface area contributed by atoms with Gasteiger partial charge >= 0.3 is 0 Å². The lowest BCUT2D eigenvalue weighted by molar-refractivity contribution is -0.130. The van der Waals surface area contributed by atoms with E-state index in [4.69, 9.17) is 5.73 Å². The van der Waals surface area contributed by atoms with Crippen molar-refractivity contribution in [3.63, 3.8) is 0 Å². The van der Waals surface area contributed by atoms with Crippen LogP contribution in [0.2, 0.25) is 0 Å². The molecule has 1 amide bonds. The molecule has 0 bridgehead atoms. The van der Waals surface area contributed by atoms with Crippen LogP contribution in [0.5, 0.6) is 0 Å². The maximum absolute atomic E-state index is 12.7. The molecule has 3 heterocycles. The topological polar surface area (TPSA) is 49.6 Å². The third-order valence-electron chi connectivity index (χ3n) is 4.87. The molecule has 0 aliphatic carbocycles. The fourth-order valence-electron chi connectivity index (χ4n) is 3.62. The van der Waals surface area contributed by atoms with Gasteiger partial charge in [-0.1, -0.05) is 6.07 Å². The quantitative estimate of drug-likeness (QED) is 0.863. The molecular weight excluding hydrogens is 306 g/mol. The fourth-order valence-corrected chi connectivity index (χ4v) is 4.51. The number of hydrogen-bond acceptors (Lipinski definition) is 4. The number of nitrogens with zero attached hydrogens (tertiary/aromatic N) is 2. The number of anilines is 2. The van der Waals surface area contributed by atoms with Crippen LogP contribution in [0.1, 0.15) is 22.4 Å². The van der Waals surface area contributed by atoms with Crippen LogP contribution in [0.25, 0.3) is 0 Å². The van der Waals surface area contributed by atoms with Gasteiger partial charge in [0.1, 0.15) is 0 Å². The number of carbonyl (C=O) groups is 1. The highest BCUT2D eigenvalue weighted by Crippen LogP contribution is 2.31. The van der Waals surface area contributed by atoms with Gasteiger partial charge in [0.15, 0.2) is 0 Å². The lowest BCUT2D eigenvalue weighted by Crippen LogP contribution is -2.44. The van der Waals surface area contributed by atoms with E-state index in [-0.39, 0.29) is 5.91 Å². The average molecular weight is 327 g/mol. The second-order valence-corrected chi connectivity index (χ2v) is 7.31. The Hall–Kier alpha value is -2.01. The third kappa shape index (κ3) is 2.70. The second kappa shape index (κ2) is 5.89. The first kappa shape index (κ1) is 14.6. The summed E-state index contributed by atoms with van der Waals surface area (Å²) in [5, 5.41) is 2.13. The molecular formula is C18H21N3OS. The van der Waals surface area contributed by atoms with Gasteiger partial charge in [0.05, 0.1) is 6.54 Å². The summed E-state index contributed by atoms with van der Waals surface area (Å²) in [5.74, 6) is 0.220. The zero-order valence-electron chi connectivity index (χ0n) is 13.1. The molecule has 0 unspecified atom stereocenters. The Bertz CT molecular complexity index is 740. The molecule has 1 aromatic heterocycles. The van der Waals surface area contributed by atoms with E-state index in [1.54, 1.807) is 11.3 Å². The van der Waals surface area contributed by atoms with E-state index in [2.05, 4.69) is 22.4 Å². The Morgan fingerprint density at radius 3 is 3.04 bits per heavy atom. The molecule has 5 heteroatoms. The number of nitrogen functional groups attached to an aromatic ring is 1. The van der Waals surface area contributed by atoms with Gasteiger partial charge in [0.2, 0.25) is 5.91 Å². The van der Waals surface area contributed by atoms with Crippen LogP contribution in [0.3, 0.4) is 0 Å². The summed E-state index contributed by atoms with van der Waals surface area (Å²) in [6.07, 6.45) is 3.06. The van der Waals surface area contributed by atoms with Crippen molar-refractivity contribution in [3.05, 3.63) is 45.6 Å². The maximum atomic E-state index is 12.7. The Balaban J connectivity index is 1.49. The molecule has 0 spiro atoms. The molecule has 1 aromatic carbocycles. The maximum Gasteiger partial charge on any atom is 0.242 e. The molecule has 2 N–H and O–H groups in total. The van der Waals surface area contributed by atoms with Crippen LogP contribution in [0.15, 0.2) is 29.6 Å². The first-order valence-corrected chi connectivity index (χ1v) is 9.05. The normalized spacial score (nSPS) is 16.9. The Kier molecular flexibility index (Phi) is 3.73. The van der Waals surface area contributed by atoms with E-state index in [1.807, 2.05) is 17.0 Å². The van der Waals surface area contributed by atoms with Crippen molar-refractivity contribution in [2.24, 2.45) is 0 Å². The van der Waals surface area contributed by atoms with Crippen molar-refractivity contribution >= 4 is 28.6 Å². The number of thiophene rings is 1. The number of hydrogen-bond donors (Lipinski definition) is 1. The smallest absolute Gasteiger partial charge is 0.242 e. The van der Waals surface area contributed by atoms with Crippen LogP contribution in [0, 0.1) is 0 Å². The van der Waals surface area contributed by atoms with E-state index in [9.17, 15) is 4.79 Å². The van der Waals surface area contributed by atoms with E-state index in [1.165, 1.54) is 16.0 Å². The van der Waals surface area contributed by atoms with Crippen molar-refractivity contribution in [1.29, 1.82) is 0 Å². The molecule has 4 rings (SSSR count). The molecule has 4 nitrogen and oxygen atoms in total. The van der Waals surface area contributed by atoms with Gasteiger partial charge < -0.3 is 15.5 Å². The Labute approximate surface area is 140 Å². The Morgan fingerprint density at radius 2 is 2.13 bits per heavy atom. The van der Waals surface area contributed by atoms with Crippen LogP contribution in [0.4, 0.5) is 11.4 Å². The van der Waals surface area contributed by atoms with Crippen LogP contribution < -0.4 is 10.6 Å². The van der Waals surface area contributed by atoms with Crippen molar-refractivity contribution in [3.8, 4) is 0 Å². The second-order valence-electron chi connectivity index (χ2n) is 6.30. The zero-order chi connectivity index (χ0) is 15.8. The first-order valence-electron chi connectivity index (χ1n) is 8.17. The van der Waals surface area contributed by atoms with Gasteiger partial charge in [0.25, 0.3) is 0 Å². The first-order chi connectivity index (χ1) is 11.2. The van der Waals surface area contributed by atoms with Crippen molar-refractivity contribution in [2.75, 3.05) is 30.3 Å². The molecule has 2 aliphatic rings. The molecule has 23 heavy (non-hydrogen) atoms. The van der Waals surface area contributed by atoms with Gasteiger partial charge in [-0.05, 0) is 54.0 Å². The molecule has 2 aromatic rings. The minimum atomic E-state index is 0.220. The molecule has 2 aliphatic heterocycles. The van der Waals surface area contributed by atoms with Gasteiger partial charge in [0, 0.05) is 35.9 Å². The van der Waals surface area contributed by atoms with Gasteiger partial charge in [-0.3, -0.25) is 4.79 Å². The summed E-state index contributed by atoms with van der Waals surface area (Å²) >= 11 is 1.80. The number of nitrogens with two attached hydrogens (primary N) is 1. The molecule has 0 fully saturated rings. The van der Waals surface area contributed by atoms with Crippen molar-refractivity contribution in [2.45, 2.75) is 25.8 Å². The number of rotatable bonds is 2. The van der Waals surface area contributed by atoms with Gasteiger partial charge in [-0.15, -0.1) is 11.3 Å². The third-order valence-corrected chi connectivity index (χ3v) is 5.89. The van der Waals surface area contributed by atoms with Gasteiger partial charge in [-0.2, -0.15) is 0 Å². The molecule has 0 radical (unpaired) electrons. The average Bonchev–Trinajstić information content (AvgIpc) is 3.03. The summed E-state index contributed by atoms with van der Waals surface area (Å²) in [6, 6.07) is 8.17. The standard InChI is InChI=1S/C18H21N3OS/c19-15-4-1-5-16-14(15)3-2-8-20(16)12-18(22)21-9-6-17-13(11-21)7-10-23-17/h1,4-5,7,10H,2-3,6,8-9,11-12,19H2. The highest BCUT2D eigenvalue weighted by molar-refractivity contribution is 7.10. The monoisotopic (exact) mass is 327 g/mol. The van der Waals surface area contributed by atoms with Gasteiger partial charge in [-0.25, -0.2) is 0 Å². The minimum absolute atomic E-state index is 0.220. The van der Waals surface area contributed by atoms with Crippen LogP contribution in [-0.4, -0.2) is 30.4 Å². The highest BCUT2D eigenvalue weighted by Gasteiger charge is 2.25. The van der Waals surface area contributed by atoms with E-state index in [0.29, 0.717) is 6.54 Å². The summed E-state index contributed by atoms with van der Waals surface area (Å²) in [4.78, 5) is 18.4. The predicted molar refractivity (Wildman–Crippen MR) is 94.8 cm³/mol. The predicted octanol–water partition coefficient (Wildman–Crippen LogP) is 2.67. The van der Waals surface area contributed by atoms with E-state index < -0.39 is 0 Å². The number of benzene rings is 1. The lowest BCUT2D eigenvalue weighted by Gasteiger charge is -2.34. The summed E-state index contributed by atoms with van der Waals surface area (Å²) in [6.45, 7) is 2.98. The minimum Gasteiger partial charge on any atom is -0.398 e. The molecule has 0 saturated heterocycles. The Morgan fingerprint density at radius 1 is 1.22 bits per heavy atom. The summed E-state index contributed by atoms with van der Waals surface area (Å²) in [5.41, 5.74) is 10.6. The van der Waals surface area contributed by atoms with Crippen molar-refractivity contribution < 1.29 is 4.79 Å². The molecule has 0 atom stereocenters. The van der Waals surface area contributed by atoms with E-state index >= 15 is 0 Å². The summed E-state index contributed by atoms with van der Waals surface area (Å²) < 4.78 is 0. The summed E-state index contributed by atoms with van der Waals surface area (Å²) in [7, 11) is 0. The molecule has 0 saturated carbocycles.